The molecule has 1 atom stereocenters. The highest BCUT2D eigenvalue weighted by Gasteiger charge is 2.34. The van der Waals surface area contributed by atoms with Gasteiger partial charge in [0, 0.05) is 18.4 Å². The van der Waals surface area contributed by atoms with Gasteiger partial charge in [0.1, 0.15) is 17.1 Å². The lowest BCUT2D eigenvalue weighted by Crippen LogP contribution is -2.41. The van der Waals surface area contributed by atoms with Gasteiger partial charge in [0.2, 0.25) is 5.91 Å². The Labute approximate surface area is 161 Å². The lowest BCUT2D eigenvalue weighted by atomic mass is 9.89. The zero-order chi connectivity index (χ0) is 19.4. The monoisotopic (exact) mass is 367 g/mol. The molecule has 2 aromatic carbocycles. The number of hydrogen-bond donors (Lipinski definition) is 1. The number of rotatable bonds is 6. The molecule has 0 bridgehead atoms. The number of ether oxygens (including phenoxy) is 2. The molecule has 3 rings (SSSR count). The van der Waals surface area contributed by atoms with Gasteiger partial charge in [-0.1, -0.05) is 29.8 Å². The van der Waals surface area contributed by atoms with E-state index in [1.54, 1.807) is 0 Å². The molecule has 1 amide bonds. The third-order valence-electron chi connectivity index (χ3n) is 4.80. The number of nitrogens with one attached hydrogen (secondary N) is 1. The van der Waals surface area contributed by atoms with Gasteiger partial charge in [-0.15, -0.1) is 0 Å². The highest BCUT2D eigenvalue weighted by Crippen LogP contribution is 2.39. The molecule has 1 aliphatic heterocycles. The fourth-order valence-electron chi connectivity index (χ4n) is 3.41. The standard InChI is InChI=1S/C23H29NO3/c1-16-7-10-18(11-8-16)26-13-5-6-22(25)24-20-15-23(3,4)27-21-14-17(2)9-12-19(20)21/h7-12,14,20H,5-6,13,15H2,1-4H3,(H,24,25)/t20-/m0/s1. The summed E-state index contributed by atoms with van der Waals surface area (Å²) in [6.45, 7) is 8.75. The number of aryl methyl sites for hydroxylation is 2. The first kappa shape index (κ1) is 19.3. The maximum atomic E-state index is 12.4. The lowest BCUT2D eigenvalue weighted by molar-refractivity contribution is -0.122. The molecule has 0 radical (unpaired) electrons. The normalized spacial score (nSPS) is 17.6. The Hall–Kier alpha value is -2.49. The second-order valence-electron chi connectivity index (χ2n) is 7.99. The van der Waals surface area contributed by atoms with Crippen molar-refractivity contribution in [1.29, 1.82) is 0 Å². The van der Waals surface area contributed by atoms with Gasteiger partial charge in [-0.05, 0) is 57.9 Å². The van der Waals surface area contributed by atoms with E-state index in [1.807, 2.05) is 44.2 Å². The molecule has 1 aliphatic rings. The molecule has 0 unspecified atom stereocenters. The molecule has 0 aliphatic carbocycles. The van der Waals surface area contributed by atoms with E-state index in [0.29, 0.717) is 19.4 Å². The van der Waals surface area contributed by atoms with E-state index in [9.17, 15) is 4.79 Å². The minimum absolute atomic E-state index is 0.0186. The second kappa shape index (κ2) is 8.03. The summed E-state index contributed by atoms with van der Waals surface area (Å²) in [4.78, 5) is 12.4. The first-order valence-corrected chi connectivity index (χ1v) is 9.61. The molecule has 4 nitrogen and oxygen atoms in total. The Kier molecular flexibility index (Phi) is 5.73. The SMILES string of the molecule is Cc1ccc(OCCCC(=O)N[C@H]2CC(C)(C)Oc3cc(C)ccc32)cc1. The lowest BCUT2D eigenvalue weighted by Gasteiger charge is -2.38. The molecule has 2 aromatic rings. The van der Waals surface area contributed by atoms with Crippen molar-refractivity contribution in [3.05, 3.63) is 59.2 Å². The molecule has 4 heteroatoms. The summed E-state index contributed by atoms with van der Waals surface area (Å²) >= 11 is 0. The van der Waals surface area contributed by atoms with Crippen LogP contribution in [0.3, 0.4) is 0 Å². The summed E-state index contributed by atoms with van der Waals surface area (Å²) < 4.78 is 11.8. The topological polar surface area (TPSA) is 47.6 Å². The first-order valence-electron chi connectivity index (χ1n) is 9.61. The van der Waals surface area contributed by atoms with Crippen LogP contribution in [0.4, 0.5) is 0 Å². The highest BCUT2D eigenvalue weighted by atomic mass is 16.5. The average Bonchev–Trinajstić information content (AvgIpc) is 2.59. The van der Waals surface area contributed by atoms with Crippen molar-refractivity contribution < 1.29 is 14.3 Å². The zero-order valence-electron chi connectivity index (χ0n) is 16.7. The quantitative estimate of drug-likeness (QED) is 0.740. The number of hydrogen-bond acceptors (Lipinski definition) is 3. The highest BCUT2D eigenvalue weighted by molar-refractivity contribution is 5.76. The number of fused-ring (bicyclic) bond motifs is 1. The third-order valence-corrected chi connectivity index (χ3v) is 4.80. The molecular weight excluding hydrogens is 338 g/mol. The van der Waals surface area contributed by atoms with Crippen LogP contribution in [0.25, 0.3) is 0 Å². The largest absolute Gasteiger partial charge is 0.494 e. The van der Waals surface area contributed by atoms with Gasteiger partial charge in [-0.3, -0.25) is 4.79 Å². The van der Waals surface area contributed by atoms with Crippen LogP contribution in [-0.2, 0) is 4.79 Å². The molecule has 27 heavy (non-hydrogen) atoms. The van der Waals surface area contributed by atoms with Gasteiger partial charge < -0.3 is 14.8 Å². The van der Waals surface area contributed by atoms with Crippen LogP contribution in [0, 0.1) is 13.8 Å². The van der Waals surface area contributed by atoms with Gasteiger partial charge in [-0.2, -0.15) is 0 Å². The van der Waals surface area contributed by atoms with E-state index in [4.69, 9.17) is 9.47 Å². The molecule has 0 fully saturated rings. The van der Waals surface area contributed by atoms with E-state index >= 15 is 0 Å². The smallest absolute Gasteiger partial charge is 0.220 e. The van der Waals surface area contributed by atoms with Crippen LogP contribution in [0.1, 0.15) is 55.8 Å². The predicted molar refractivity (Wildman–Crippen MR) is 107 cm³/mol. The van der Waals surface area contributed by atoms with Crippen molar-refractivity contribution in [3.8, 4) is 11.5 Å². The molecule has 0 aromatic heterocycles. The Balaban J connectivity index is 1.52. The van der Waals surface area contributed by atoms with E-state index in [0.717, 1.165) is 29.0 Å². The molecule has 0 saturated carbocycles. The molecule has 0 saturated heterocycles. The predicted octanol–water partition coefficient (Wildman–Crippen LogP) is 4.88. The van der Waals surface area contributed by atoms with Crippen LogP contribution in [0.2, 0.25) is 0 Å². The fraction of sp³-hybridized carbons (Fsp3) is 0.435. The first-order chi connectivity index (χ1) is 12.8. The van der Waals surface area contributed by atoms with Crippen LogP contribution in [0.5, 0.6) is 11.5 Å². The van der Waals surface area contributed by atoms with Crippen LogP contribution in [0.15, 0.2) is 42.5 Å². The van der Waals surface area contributed by atoms with Crippen molar-refractivity contribution >= 4 is 5.91 Å². The molecule has 1 N–H and O–H groups in total. The van der Waals surface area contributed by atoms with Crippen LogP contribution in [-0.4, -0.2) is 18.1 Å². The van der Waals surface area contributed by atoms with Gasteiger partial charge in [0.15, 0.2) is 0 Å². The van der Waals surface area contributed by atoms with Crippen molar-refractivity contribution in [1.82, 2.24) is 5.32 Å². The van der Waals surface area contributed by atoms with Crippen molar-refractivity contribution in [3.63, 3.8) is 0 Å². The number of carbonyl (C=O) groups is 1. The van der Waals surface area contributed by atoms with E-state index in [-0.39, 0.29) is 17.6 Å². The second-order valence-corrected chi connectivity index (χ2v) is 7.99. The maximum absolute atomic E-state index is 12.4. The van der Waals surface area contributed by atoms with Gasteiger partial charge in [0.25, 0.3) is 0 Å². The van der Waals surface area contributed by atoms with Crippen molar-refractivity contribution in [2.75, 3.05) is 6.61 Å². The Bertz CT molecular complexity index is 796. The summed E-state index contributed by atoms with van der Waals surface area (Å²) in [7, 11) is 0. The number of carbonyl (C=O) groups excluding carboxylic acids is 1. The maximum Gasteiger partial charge on any atom is 0.220 e. The Morgan fingerprint density at radius 2 is 1.85 bits per heavy atom. The van der Waals surface area contributed by atoms with Gasteiger partial charge >= 0.3 is 0 Å². The zero-order valence-corrected chi connectivity index (χ0v) is 16.7. The molecule has 1 heterocycles. The number of amides is 1. The third kappa shape index (κ3) is 5.25. The molecular formula is C23H29NO3. The summed E-state index contributed by atoms with van der Waals surface area (Å²) in [5.74, 6) is 1.77. The minimum atomic E-state index is -0.298. The summed E-state index contributed by atoms with van der Waals surface area (Å²) in [5, 5.41) is 3.18. The van der Waals surface area contributed by atoms with Crippen LogP contribution >= 0.6 is 0 Å². The summed E-state index contributed by atoms with van der Waals surface area (Å²) in [6, 6.07) is 14.1. The minimum Gasteiger partial charge on any atom is -0.494 e. The fourth-order valence-corrected chi connectivity index (χ4v) is 3.41. The van der Waals surface area contributed by atoms with E-state index in [2.05, 4.69) is 31.3 Å². The van der Waals surface area contributed by atoms with Crippen LogP contribution < -0.4 is 14.8 Å². The average molecular weight is 367 g/mol. The van der Waals surface area contributed by atoms with Gasteiger partial charge in [0.05, 0.1) is 12.6 Å². The Morgan fingerprint density at radius 1 is 1.15 bits per heavy atom. The van der Waals surface area contributed by atoms with Crippen molar-refractivity contribution in [2.24, 2.45) is 0 Å². The van der Waals surface area contributed by atoms with E-state index in [1.165, 1.54) is 5.56 Å². The van der Waals surface area contributed by atoms with Crippen molar-refractivity contribution in [2.45, 2.75) is 58.6 Å². The Morgan fingerprint density at radius 3 is 2.59 bits per heavy atom. The molecule has 0 spiro atoms. The molecule has 144 valence electrons. The van der Waals surface area contributed by atoms with E-state index < -0.39 is 0 Å². The number of benzene rings is 2. The van der Waals surface area contributed by atoms with Gasteiger partial charge in [-0.25, -0.2) is 0 Å². The summed E-state index contributed by atoms with van der Waals surface area (Å²) in [5.41, 5.74) is 3.12. The summed E-state index contributed by atoms with van der Waals surface area (Å²) in [6.07, 6.45) is 1.90.